The third kappa shape index (κ3) is 6.75. The summed E-state index contributed by atoms with van der Waals surface area (Å²) in [5, 5.41) is 4.77. The molecular weight excluding hydrogens is 538 g/mol. The number of alkyl halides is 3. The van der Waals surface area contributed by atoms with Crippen LogP contribution in [0, 0.1) is 5.82 Å². The number of ether oxygens (including phenoxy) is 1. The van der Waals surface area contributed by atoms with Crippen LogP contribution in [0.3, 0.4) is 0 Å². The zero-order valence-electron chi connectivity index (χ0n) is 20.8. The second kappa shape index (κ2) is 11.9. The number of hydrogen-bond acceptors (Lipinski definition) is 4. The summed E-state index contributed by atoms with van der Waals surface area (Å²) < 4.78 is 61.3. The molecule has 0 aliphatic carbocycles. The van der Waals surface area contributed by atoms with Gasteiger partial charge in [-0.25, -0.2) is 13.9 Å². The molecule has 0 spiro atoms. The first-order valence-electron chi connectivity index (χ1n) is 12.0. The van der Waals surface area contributed by atoms with Gasteiger partial charge in [-0.2, -0.15) is 13.2 Å². The van der Waals surface area contributed by atoms with Gasteiger partial charge >= 0.3 is 11.9 Å². The number of methoxy groups -OCH3 is 1. The maximum Gasteiger partial charge on any atom is 0.416 e. The molecule has 0 atom stereocenters. The molecular formula is C28H24ClF4N3O3. The second-order valence-electron chi connectivity index (χ2n) is 8.87. The van der Waals surface area contributed by atoms with E-state index in [1.807, 2.05) is 0 Å². The van der Waals surface area contributed by atoms with E-state index in [0.29, 0.717) is 21.9 Å². The summed E-state index contributed by atoms with van der Waals surface area (Å²) in [5.41, 5.74) is -0.300. The topological polar surface area (TPSA) is 66.1 Å². The Morgan fingerprint density at radius 2 is 1.82 bits per heavy atom. The van der Waals surface area contributed by atoms with Gasteiger partial charge in [-0.3, -0.25) is 9.36 Å². The fourth-order valence-corrected chi connectivity index (χ4v) is 4.45. The van der Waals surface area contributed by atoms with Crippen molar-refractivity contribution in [1.29, 1.82) is 0 Å². The van der Waals surface area contributed by atoms with Crippen molar-refractivity contribution in [2.24, 2.45) is 0 Å². The number of halogens is 5. The van der Waals surface area contributed by atoms with E-state index in [1.54, 1.807) is 24.3 Å². The number of carbonyl (C=O) groups excluding carboxylic acids is 1. The van der Waals surface area contributed by atoms with Gasteiger partial charge in [0.15, 0.2) is 11.6 Å². The first-order valence-corrected chi connectivity index (χ1v) is 12.4. The number of hydrogen-bond donors (Lipinski definition) is 0. The van der Waals surface area contributed by atoms with E-state index in [-0.39, 0.29) is 49.5 Å². The largest absolute Gasteiger partial charge is 0.496 e. The Morgan fingerprint density at radius 1 is 1.05 bits per heavy atom. The molecule has 11 heteroatoms. The molecule has 0 aliphatic rings. The summed E-state index contributed by atoms with van der Waals surface area (Å²) in [6.45, 7) is -0.404. The summed E-state index contributed by atoms with van der Waals surface area (Å²) in [6.07, 6.45) is -4.31. The van der Waals surface area contributed by atoms with Crippen LogP contribution >= 0.6 is 11.6 Å². The number of Topliss-reactive ketones (excluding diaryl/α,β-unsaturated/α-hetero) is 1. The molecule has 0 fully saturated rings. The first kappa shape index (κ1) is 28.1. The lowest BCUT2D eigenvalue weighted by Crippen LogP contribution is -2.28. The third-order valence-electron chi connectivity index (χ3n) is 6.11. The van der Waals surface area contributed by atoms with Gasteiger partial charge in [0.25, 0.3) is 0 Å². The van der Waals surface area contributed by atoms with Crippen LogP contribution < -0.4 is 10.4 Å². The minimum Gasteiger partial charge on any atom is -0.496 e. The van der Waals surface area contributed by atoms with Gasteiger partial charge < -0.3 is 4.74 Å². The number of rotatable bonds is 10. The molecule has 39 heavy (non-hydrogen) atoms. The van der Waals surface area contributed by atoms with E-state index in [0.717, 1.165) is 10.7 Å². The van der Waals surface area contributed by atoms with Crippen molar-refractivity contribution < 1.29 is 27.1 Å². The van der Waals surface area contributed by atoms with Crippen molar-refractivity contribution in [3.05, 3.63) is 105 Å². The lowest BCUT2D eigenvalue weighted by Gasteiger charge is -2.12. The van der Waals surface area contributed by atoms with Crippen LogP contribution in [0.4, 0.5) is 17.6 Å². The quantitative estimate of drug-likeness (QED) is 0.217. The van der Waals surface area contributed by atoms with Gasteiger partial charge in [-0.05, 0) is 60.4 Å². The van der Waals surface area contributed by atoms with Gasteiger partial charge in [0.05, 0.1) is 24.8 Å². The van der Waals surface area contributed by atoms with Crippen molar-refractivity contribution in [1.82, 2.24) is 14.3 Å². The minimum atomic E-state index is -4.48. The molecule has 4 aromatic rings. The molecule has 6 nitrogen and oxygen atoms in total. The fourth-order valence-electron chi connectivity index (χ4n) is 4.29. The molecule has 0 radical (unpaired) electrons. The van der Waals surface area contributed by atoms with Gasteiger partial charge in [0, 0.05) is 11.4 Å². The van der Waals surface area contributed by atoms with Gasteiger partial charge in [0.1, 0.15) is 18.1 Å². The Morgan fingerprint density at radius 3 is 2.54 bits per heavy atom. The highest BCUT2D eigenvalue weighted by Gasteiger charge is 2.32. The fraction of sp³-hybridized carbons (Fsp3) is 0.250. The van der Waals surface area contributed by atoms with E-state index in [2.05, 4.69) is 5.10 Å². The molecule has 204 valence electrons. The normalized spacial score (nSPS) is 11.5. The predicted molar refractivity (Wildman–Crippen MR) is 138 cm³/mol. The first-order chi connectivity index (χ1) is 18.6. The number of ketones is 1. The summed E-state index contributed by atoms with van der Waals surface area (Å²) in [6, 6.07) is 15.7. The van der Waals surface area contributed by atoms with Crippen LogP contribution in [0.5, 0.6) is 5.75 Å². The molecule has 1 heterocycles. The summed E-state index contributed by atoms with van der Waals surface area (Å²) in [7, 11) is 1.43. The Hall–Kier alpha value is -3.92. The molecule has 0 saturated heterocycles. The van der Waals surface area contributed by atoms with Crippen molar-refractivity contribution >= 4 is 17.4 Å². The smallest absolute Gasteiger partial charge is 0.416 e. The third-order valence-corrected chi connectivity index (χ3v) is 6.34. The number of carbonyl (C=O) groups is 1. The molecule has 0 aliphatic heterocycles. The average Bonchev–Trinajstić information content (AvgIpc) is 3.18. The van der Waals surface area contributed by atoms with Crippen molar-refractivity contribution in [2.45, 2.75) is 38.5 Å². The zero-order chi connectivity index (χ0) is 28.2. The monoisotopic (exact) mass is 561 g/mol. The number of nitrogens with zero attached hydrogens (tertiary/aromatic N) is 3. The molecule has 0 bridgehead atoms. The highest BCUT2D eigenvalue weighted by atomic mass is 35.5. The van der Waals surface area contributed by atoms with Crippen LogP contribution in [0.2, 0.25) is 5.02 Å². The highest BCUT2D eigenvalue weighted by molar-refractivity contribution is 6.30. The Bertz CT molecular complexity index is 1550. The van der Waals surface area contributed by atoms with Gasteiger partial charge in [-0.15, -0.1) is 5.10 Å². The highest BCUT2D eigenvalue weighted by Crippen LogP contribution is 2.33. The number of benzene rings is 3. The Balaban J connectivity index is 1.58. The lowest BCUT2D eigenvalue weighted by atomic mass is 10.0. The maximum atomic E-state index is 13.8. The van der Waals surface area contributed by atoms with Crippen molar-refractivity contribution in [3.8, 4) is 17.1 Å². The molecule has 0 N–H and O–H groups in total. The van der Waals surface area contributed by atoms with Crippen molar-refractivity contribution in [3.63, 3.8) is 0 Å². The van der Waals surface area contributed by atoms with Crippen LogP contribution in [0.25, 0.3) is 11.4 Å². The summed E-state index contributed by atoms with van der Waals surface area (Å²) in [4.78, 5) is 26.1. The van der Waals surface area contributed by atoms with Crippen LogP contribution in [0.1, 0.15) is 29.5 Å². The van der Waals surface area contributed by atoms with E-state index in [1.165, 1.54) is 48.1 Å². The zero-order valence-corrected chi connectivity index (χ0v) is 21.6. The van der Waals surface area contributed by atoms with E-state index < -0.39 is 23.2 Å². The molecule has 0 unspecified atom stereocenters. The predicted octanol–water partition coefficient (Wildman–Crippen LogP) is 6.17. The number of aromatic nitrogens is 3. The molecule has 0 amide bonds. The molecule has 1 aromatic heterocycles. The lowest BCUT2D eigenvalue weighted by molar-refractivity contribution is -0.138. The molecule has 4 rings (SSSR count). The van der Waals surface area contributed by atoms with Crippen LogP contribution in [0.15, 0.2) is 71.5 Å². The minimum absolute atomic E-state index is 0.0277. The molecule has 0 saturated carbocycles. The summed E-state index contributed by atoms with van der Waals surface area (Å²) >= 11 is 6.08. The van der Waals surface area contributed by atoms with Crippen LogP contribution in [-0.4, -0.2) is 27.2 Å². The maximum absolute atomic E-state index is 13.8. The van der Waals surface area contributed by atoms with Gasteiger partial charge in [0.2, 0.25) is 0 Å². The van der Waals surface area contributed by atoms with Crippen LogP contribution in [-0.2, 0) is 30.5 Å². The molecule has 3 aromatic carbocycles. The van der Waals surface area contributed by atoms with Gasteiger partial charge in [-0.1, -0.05) is 41.9 Å². The van der Waals surface area contributed by atoms with Crippen molar-refractivity contribution in [2.75, 3.05) is 7.11 Å². The average molecular weight is 562 g/mol. The number of aryl methyl sites for hydroxylation is 1. The SMILES string of the molecule is COc1cc(Cl)ccc1-c1nn(CC(=O)CCCc2ccccc2C(F)(F)F)c(=O)n1Cc1cccc(F)c1. The standard InChI is InChI=1S/C28H24ClF4N3O3/c1-39-25-15-20(29)12-13-23(25)26-34-36(27(38)35(26)16-18-6-4-9-21(30)14-18)17-22(37)10-5-8-19-7-2-3-11-24(19)28(31,32)33/h2-4,6-7,9,11-15H,5,8,10,16-17H2,1H3. The Labute approximate surface area is 226 Å². The van der Waals surface area contributed by atoms with E-state index in [9.17, 15) is 27.2 Å². The second-order valence-corrected chi connectivity index (χ2v) is 9.31. The Kier molecular flexibility index (Phi) is 8.54. The van der Waals surface area contributed by atoms with E-state index in [4.69, 9.17) is 16.3 Å². The van der Waals surface area contributed by atoms with E-state index >= 15 is 0 Å². The summed E-state index contributed by atoms with van der Waals surface area (Å²) in [5.74, 6) is -0.313.